The van der Waals surface area contributed by atoms with Crippen LogP contribution in [-0.4, -0.2) is 21.0 Å². The van der Waals surface area contributed by atoms with Crippen LogP contribution in [0.15, 0.2) is 45.0 Å². The zero-order valence-corrected chi connectivity index (χ0v) is 12.5. The van der Waals surface area contributed by atoms with E-state index in [1.54, 1.807) is 18.2 Å². The van der Waals surface area contributed by atoms with Gasteiger partial charge in [-0.2, -0.15) is 0 Å². The third kappa shape index (κ3) is 3.54. The first-order chi connectivity index (χ1) is 9.10. The van der Waals surface area contributed by atoms with Crippen LogP contribution in [0.5, 0.6) is 0 Å². The van der Waals surface area contributed by atoms with Gasteiger partial charge in [0.2, 0.25) is 0 Å². The Labute approximate surface area is 123 Å². The molecule has 0 radical (unpaired) electrons. The van der Waals surface area contributed by atoms with Gasteiger partial charge in [-0.1, -0.05) is 34.6 Å². The second kappa shape index (κ2) is 6.16. The van der Waals surface area contributed by atoms with Crippen LogP contribution in [-0.2, 0) is 6.42 Å². The standard InChI is InChI=1S/C13H11BrN2O2S/c1-2-9-6-12(16-7-15-9)19-11-5-8(14)3-4-10(11)13(17)18/h3-7H,2H2,1H3,(H,17,18). The van der Waals surface area contributed by atoms with Gasteiger partial charge in [0, 0.05) is 15.1 Å². The van der Waals surface area contributed by atoms with E-state index in [2.05, 4.69) is 25.9 Å². The molecule has 98 valence electrons. The Bertz CT molecular complexity index is 619. The molecule has 6 heteroatoms. The molecule has 0 amide bonds. The zero-order chi connectivity index (χ0) is 13.8. The molecule has 2 aromatic rings. The number of nitrogens with zero attached hydrogens (tertiary/aromatic N) is 2. The number of hydrogen-bond donors (Lipinski definition) is 1. The van der Waals surface area contributed by atoms with E-state index in [0.717, 1.165) is 21.6 Å². The third-order valence-corrected chi connectivity index (χ3v) is 3.93. The highest BCUT2D eigenvalue weighted by atomic mass is 79.9. The van der Waals surface area contributed by atoms with Crippen molar-refractivity contribution in [3.8, 4) is 0 Å². The van der Waals surface area contributed by atoms with Crippen LogP contribution in [0, 0.1) is 0 Å². The molecule has 4 nitrogen and oxygen atoms in total. The number of aromatic carboxylic acids is 1. The Morgan fingerprint density at radius 3 is 2.84 bits per heavy atom. The molecule has 0 aliphatic carbocycles. The minimum absolute atomic E-state index is 0.268. The maximum absolute atomic E-state index is 11.2. The fourth-order valence-corrected chi connectivity index (χ4v) is 2.98. The molecule has 0 aliphatic rings. The summed E-state index contributed by atoms with van der Waals surface area (Å²) < 4.78 is 0.838. The molecule has 19 heavy (non-hydrogen) atoms. The molecule has 0 unspecified atom stereocenters. The number of carboxylic acids is 1. The average Bonchev–Trinajstić information content (AvgIpc) is 2.38. The lowest BCUT2D eigenvalue weighted by molar-refractivity contribution is 0.0693. The van der Waals surface area contributed by atoms with E-state index < -0.39 is 5.97 Å². The van der Waals surface area contributed by atoms with Crippen LogP contribution < -0.4 is 0 Å². The SMILES string of the molecule is CCc1cc(Sc2cc(Br)ccc2C(=O)O)ncn1. The molecule has 1 N–H and O–H groups in total. The van der Waals surface area contributed by atoms with Crippen molar-refractivity contribution in [2.75, 3.05) is 0 Å². The summed E-state index contributed by atoms with van der Waals surface area (Å²) >= 11 is 4.67. The average molecular weight is 339 g/mol. The van der Waals surface area contributed by atoms with E-state index in [-0.39, 0.29) is 5.56 Å². The highest BCUT2D eigenvalue weighted by molar-refractivity contribution is 9.10. The molecule has 1 heterocycles. The van der Waals surface area contributed by atoms with Crippen LogP contribution in [0.25, 0.3) is 0 Å². The minimum atomic E-state index is -0.945. The molecule has 0 fully saturated rings. The summed E-state index contributed by atoms with van der Waals surface area (Å²) in [6.45, 7) is 2.01. The molecular weight excluding hydrogens is 328 g/mol. The van der Waals surface area contributed by atoms with Crippen LogP contribution >= 0.6 is 27.7 Å². The Balaban J connectivity index is 2.36. The van der Waals surface area contributed by atoms with Gasteiger partial charge >= 0.3 is 5.97 Å². The van der Waals surface area contributed by atoms with E-state index in [9.17, 15) is 9.90 Å². The van der Waals surface area contributed by atoms with Gasteiger partial charge in [-0.3, -0.25) is 0 Å². The minimum Gasteiger partial charge on any atom is -0.478 e. The number of benzene rings is 1. The second-order valence-electron chi connectivity index (χ2n) is 3.75. The summed E-state index contributed by atoms with van der Waals surface area (Å²) in [4.78, 5) is 20.1. The second-order valence-corrected chi connectivity index (χ2v) is 5.73. The summed E-state index contributed by atoms with van der Waals surface area (Å²) in [7, 11) is 0. The van der Waals surface area contributed by atoms with Gasteiger partial charge in [0.25, 0.3) is 0 Å². The van der Waals surface area contributed by atoms with Gasteiger partial charge in [-0.25, -0.2) is 14.8 Å². The topological polar surface area (TPSA) is 63.1 Å². The number of carbonyl (C=O) groups is 1. The lowest BCUT2D eigenvalue weighted by atomic mass is 10.2. The normalized spacial score (nSPS) is 10.4. The molecule has 0 saturated heterocycles. The highest BCUT2D eigenvalue weighted by Gasteiger charge is 2.12. The lowest BCUT2D eigenvalue weighted by Gasteiger charge is -2.06. The third-order valence-electron chi connectivity index (χ3n) is 2.45. The number of carboxylic acid groups (broad SMARTS) is 1. The van der Waals surface area contributed by atoms with Crippen molar-refractivity contribution < 1.29 is 9.90 Å². The van der Waals surface area contributed by atoms with Crippen molar-refractivity contribution in [3.63, 3.8) is 0 Å². The van der Waals surface area contributed by atoms with E-state index in [1.807, 2.05) is 13.0 Å². The molecular formula is C13H11BrN2O2S. The van der Waals surface area contributed by atoms with Gasteiger partial charge in [0.1, 0.15) is 11.4 Å². The van der Waals surface area contributed by atoms with Crippen LogP contribution in [0.4, 0.5) is 0 Å². The van der Waals surface area contributed by atoms with Gasteiger partial charge in [-0.05, 0) is 30.7 Å². The summed E-state index contributed by atoms with van der Waals surface area (Å²) in [5, 5.41) is 9.92. The summed E-state index contributed by atoms with van der Waals surface area (Å²) in [6.07, 6.45) is 2.32. The molecule has 2 rings (SSSR count). The van der Waals surface area contributed by atoms with Crippen molar-refractivity contribution in [1.29, 1.82) is 0 Å². The van der Waals surface area contributed by atoms with E-state index in [0.29, 0.717) is 4.90 Å². The number of hydrogen-bond acceptors (Lipinski definition) is 4. The summed E-state index contributed by atoms with van der Waals surface area (Å²) in [5.41, 5.74) is 1.20. The Morgan fingerprint density at radius 2 is 2.16 bits per heavy atom. The van der Waals surface area contributed by atoms with Crippen molar-refractivity contribution in [1.82, 2.24) is 9.97 Å². The van der Waals surface area contributed by atoms with Crippen LogP contribution in [0.1, 0.15) is 23.0 Å². The zero-order valence-electron chi connectivity index (χ0n) is 10.1. The molecule has 1 aromatic carbocycles. The lowest BCUT2D eigenvalue weighted by Crippen LogP contribution is -1.99. The van der Waals surface area contributed by atoms with Crippen molar-refractivity contribution in [3.05, 3.63) is 46.3 Å². The highest BCUT2D eigenvalue weighted by Crippen LogP contribution is 2.31. The quantitative estimate of drug-likeness (QED) is 0.862. The fraction of sp³-hybridized carbons (Fsp3) is 0.154. The Kier molecular flexibility index (Phi) is 4.55. The summed E-state index contributed by atoms with van der Waals surface area (Å²) in [5.74, 6) is -0.945. The number of halogens is 1. The fourth-order valence-electron chi connectivity index (χ4n) is 1.50. The first kappa shape index (κ1) is 14.0. The maximum Gasteiger partial charge on any atom is 0.336 e. The van der Waals surface area contributed by atoms with Gasteiger partial charge in [0.05, 0.1) is 5.56 Å². The van der Waals surface area contributed by atoms with Crippen molar-refractivity contribution in [2.24, 2.45) is 0 Å². The summed E-state index contributed by atoms with van der Waals surface area (Å²) in [6, 6.07) is 6.95. The number of aryl methyl sites for hydroxylation is 1. The van der Waals surface area contributed by atoms with E-state index >= 15 is 0 Å². The maximum atomic E-state index is 11.2. The predicted molar refractivity (Wildman–Crippen MR) is 76.6 cm³/mol. The first-order valence-electron chi connectivity index (χ1n) is 5.61. The molecule has 0 atom stereocenters. The Morgan fingerprint density at radius 1 is 1.37 bits per heavy atom. The molecule has 0 saturated carbocycles. The Hall–Kier alpha value is -1.40. The van der Waals surface area contributed by atoms with Gasteiger partial charge < -0.3 is 5.11 Å². The van der Waals surface area contributed by atoms with Crippen LogP contribution in [0.3, 0.4) is 0 Å². The van der Waals surface area contributed by atoms with Crippen molar-refractivity contribution in [2.45, 2.75) is 23.3 Å². The number of aromatic nitrogens is 2. The monoisotopic (exact) mass is 338 g/mol. The number of rotatable bonds is 4. The molecule has 0 spiro atoms. The first-order valence-corrected chi connectivity index (χ1v) is 7.22. The largest absolute Gasteiger partial charge is 0.478 e. The smallest absolute Gasteiger partial charge is 0.336 e. The van der Waals surface area contributed by atoms with Gasteiger partial charge in [0.15, 0.2) is 0 Å². The van der Waals surface area contributed by atoms with Gasteiger partial charge in [-0.15, -0.1) is 0 Å². The van der Waals surface area contributed by atoms with Crippen LogP contribution in [0.2, 0.25) is 0 Å². The van der Waals surface area contributed by atoms with E-state index in [4.69, 9.17) is 0 Å². The molecule has 0 aliphatic heterocycles. The van der Waals surface area contributed by atoms with Crippen molar-refractivity contribution >= 4 is 33.7 Å². The predicted octanol–water partition coefficient (Wildman–Crippen LogP) is 3.65. The van der Waals surface area contributed by atoms with E-state index in [1.165, 1.54) is 18.1 Å². The molecule has 0 bridgehead atoms. The molecule has 1 aromatic heterocycles.